The van der Waals surface area contributed by atoms with Crippen LogP contribution in [0.4, 0.5) is 0 Å². The van der Waals surface area contributed by atoms with Crippen molar-refractivity contribution in [2.45, 2.75) is 46.2 Å². The zero-order valence-corrected chi connectivity index (χ0v) is 12.6. The van der Waals surface area contributed by atoms with Crippen molar-refractivity contribution < 1.29 is 4.79 Å². The molecule has 0 spiro atoms. The third-order valence-corrected chi connectivity index (χ3v) is 3.54. The lowest BCUT2D eigenvalue weighted by Gasteiger charge is -2.19. The smallest absolute Gasteiger partial charge is 0.242 e. The topological polar surface area (TPSA) is 37.3 Å². The summed E-state index contributed by atoms with van der Waals surface area (Å²) >= 11 is 0. The van der Waals surface area contributed by atoms with Crippen molar-refractivity contribution in [3.63, 3.8) is 0 Å². The predicted molar refractivity (Wildman–Crippen MR) is 79.1 cm³/mol. The third-order valence-electron chi connectivity index (χ3n) is 3.54. The summed E-state index contributed by atoms with van der Waals surface area (Å²) in [5.41, 5.74) is 1.26. The Labute approximate surface area is 116 Å². The van der Waals surface area contributed by atoms with Crippen molar-refractivity contribution in [2.75, 3.05) is 20.1 Å². The molecule has 1 rings (SSSR count). The van der Waals surface area contributed by atoms with Crippen molar-refractivity contribution in [2.24, 2.45) is 0 Å². The van der Waals surface area contributed by atoms with Crippen LogP contribution >= 0.6 is 0 Å². The second-order valence-corrected chi connectivity index (χ2v) is 4.81. The van der Waals surface area contributed by atoms with E-state index >= 15 is 0 Å². The van der Waals surface area contributed by atoms with Gasteiger partial charge in [-0.15, -0.1) is 0 Å². The van der Waals surface area contributed by atoms with Gasteiger partial charge in [-0.25, -0.2) is 0 Å². The highest BCUT2D eigenvalue weighted by molar-refractivity contribution is 5.75. The number of rotatable bonds is 8. The van der Waals surface area contributed by atoms with Gasteiger partial charge < -0.3 is 14.8 Å². The first-order valence-corrected chi connectivity index (χ1v) is 7.26. The number of carbonyl (C=O) groups excluding carboxylic acids is 1. The van der Waals surface area contributed by atoms with E-state index in [1.54, 1.807) is 0 Å². The molecule has 1 N–H and O–H groups in total. The van der Waals surface area contributed by atoms with Crippen LogP contribution in [0.25, 0.3) is 0 Å². The molecule has 0 bridgehead atoms. The zero-order valence-electron chi connectivity index (χ0n) is 12.6. The molecule has 0 aliphatic carbocycles. The Morgan fingerprint density at radius 1 is 1.37 bits per heavy atom. The minimum Gasteiger partial charge on any atom is -0.345 e. The molecule has 1 aromatic heterocycles. The third kappa shape index (κ3) is 4.39. The number of carbonyl (C=O) groups is 1. The molecule has 0 fully saturated rings. The van der Waals surface area contributed by atoms with E-state index in [0.29, 0.717) is 12.6 Å². The van der Waals surface area contributed by atoms with Crippen LogP contribution < -0.4 is 5.32 Å². The van der Waals surface area contributed by atoms with Gasteiger partial charge in [0.25, 0.3) is 0 Å². The normalized spacial score (nSPS) is 12.4. The molecule has 1 heterocycles. The van der Waals surface area contributed by atoms with E-state index in [2.05, 4.69) is 24.5 Å². The Hall–Kier alpha value is -1.29. The maximum Gasteiger partial charge on any atom is 0.242 e. The molecular weight excluding hydrogens is 238 g/mol. The first-order chi connectivity index (χ1) is 9.15. The molecule has 0 aliphatic rings. The maximum atomic E-state index is 12.0. The van der Waals surface area contributed by atoms with Crippen LogP contribution in [-0.2, 0) is 11.3 Å². The van der Waals surface area contributed by atoms with Gasteiger partial charge in [0.05, 0.1) is 0 Å². The average Bonchev–Trinajstić information content (AvgIpc) is 2.85. The van der Waals surface area contributed by atoms with Crippen LogP contribution in [0.3, 0.4) is 0 Å². The average molecular weight is 265 g/mol. The maximum absolute atomic E-state index is 12.0. The van der Waals surface area contributed by atoms with Gasteiger partial charge in [0, 0.05) is 31.5 Å². The minimum atomic E-state index is 0.184. The summed E-state index contributed by atoms with van der Waals surface area (Å²) < 4.78 is 1.98. The first kappa shape index (κ1) is 15.8. The van der Waals surface area contributed by atoms with Gasteiger partial charge in [0.15, 0.2) is 0 Å². The summed E-state index contributed by atoms with van der Waals surface area (Å²) in [6, 6.07) is 2.49. The summed E-state index contributed by atoms with van der Waals surface area (Å²) in [6.07, 6.45) is 6.34. The fraction of sp³-hybridized carbons (Fsp3) is 0.667. The summed E-state index contributed by atoms with van der Waals surface area (Å²) in [6.45, 7) is 8.20. The molecule has 0 saturated heterocycles. The Bertz CT molecular complexity index is 382. The lowest BCUT2D eigenvalue weighted by atomic mass is 10.1. The van der Waals surface area contributed by atoms with E-state index < -0.39 is 0 Å². The molecule has 19 heavy (non-hydrogen) atoms. The van der Waals surface area contributed by atoms with Crippen LogP contribution in [-0.4, -0.2) is 35.5 Å². The number of aromatic nitrogens is 1. The van der Waals surface area contributed by atoms with Crippen LogP contribution in [0.15, 0.2) is 18.5 Å². The summed E-state index contributed by atoms with van der Waals surface area (Å²) in [5.74, 6) is 0.184. The Morgan fingerprint density at radius 3 is 2.58 bits per heavy atom. The first-order valence-electron chi connectivity index (χ1n) is 7.26. The second kappa shape index (κ2) is 8.00. The molecule has 4 nitrogen and oxygen atoms in total. The molecule has 108 valence electrons. The van der Waals surface area contributed by atoms with E-state index in [1.165, 1.54) is 5.56 Å². The van der Waals surface area contributed by atoms with Gasteiger partial charge in [-0.1, -0.05) is 13.3 Å². The quantitative estimate of drug-likeness (QED) is 0.784. The monoisotopic (exact) mass is 265 g/mol. The molecular formula is C15H27N3O. The second-order valence-electron chi connectivity index (χ2n) is 4.81. The summed E-state index contributed by atoms with van der Waals surface area (Å²) in [7, 11) is 1.98. The highest BCUT2D eigenvalue weighted by atomic mass is 16.2. The molecule has 1 aromatic rings. The molecule has 0 aromatic carbocycles. The summed E-state index contributed by atoms with van der Waals surface area (Å²) in [5, 5.41) is 3.32. The number of hydrogen-bond donors (Lipinski definition) is 1. The Morgan fingerprint density at radius 2 is 2.05 bits per heavy atom. The highest BCUT2D eigenvalue weighted by Crippen LogP contribution is 2.18. The Balaban J connectivity index is 2.66. The van der Waals surface area contributed by atoms with Crippen molar-refractivity contribution in [1.29, 1.82) is 0 Å². The van der Waals surface area contributed by atoms with E-state index in [4.69, 9.17) is 0 Å². The molecule has 1 amide bonds. The lowest BCUT2D eigenvalue weighted by Crippen LogP contribution is -2.33. The number of amides is 1. The fourth-order valence-corrected chi connectivity index (χ4v) is 2.36. The van der Waals surface area contributed by atoms with Crippen molar-refractivity contribution >= 4 is 5.91 Å². The molecule has 0 aliphatic heterocycles. The van der Waals surface area contributed by atoms with Gasteiger partial charge in [0.1, 0.15) is 6.54 Å². The van der Waals surface area contributed by atoms with Gasteiger partial charge in [-0.3, -0.25) is 4.79 Å². The van der Waals surface area contributed by atoms with Gasteiger partial charge >= 0.3 is 0 Å². The van der Waals surface area contributed by atoms with Crippen molar-refractivity contribution in [3.8, 4) is 0 Å². The summed E-state index contributed by atoms with van der Waals surface area (Å²) in [4.78, 5) is 13.9. The standard InChI is InChI=1S/C15H27N3O/c1-5-8-14(16-4)13-9-10-17(11-13)12-15(19)18(6-2)7-3/h9-11,14,16H,5-8,12H2,1-4H3. The van der Waals surface area contributed by atoms with E-state index in [0.717, 1.165) is 25.9 Å². The van der Waals surface area contributed by atoms with Crippen LogP contribution in [0, 0.1) is 0 Å². The SMILES string of the molecule is CCCC(NC)c1ccn(CC(=O)N(CC)CC)c1. The lowest BCUT2D eigenvalue weighted by molar-refractivity contribution is -0.131. The van der Waals surface area contributed by atoms with Crippen LogP contribution in [0.1, 0.15) is 45.2 Å². The largest absolute Gasteiger partial charge is 0.345 e. The zero-order chi connectivity index (χ0) is 14.3. The number of nitrogens with one attached hydrogen (secondary N) is 1. The molecule has 1 atom stereocenters. The van der Waals surface area contributed by atoms with Gasteiger partial charge in [-0.05, 0) is 38.9 Å². The van der Waals surface area contributed by atoms with E-state index in [1.807, 2.05) is 36.6 Å². The van der Waals surface area contributed by atoms with Gasteiger partial charge in [-0.2, -0.15) is 0 Å². The minimum absolute atomic E-state index is 0.184. The van der Waals surface area contributed by atoms with Gasteiger partial charge in [0.2, 0.25) is 5.91 Å². The number of likely N-dealkylation sites (N-methyl/N-ethyl adjacent to an activating group) is 1. The molecule has 1 unspecified atom stereocenters. The highest BCUT2D eigenvalue weighted by Gasteiger charge is 2.13. The van der Waals surface area contributed by atoms with Crippen molar-refractivity contribution in [1.82, 2.24) is 14.8 Å². The van der Waals surface area contributed by atoms with E-state index in [-0.39, 0.29) is 5.91 Å². The fourth-order valence-electron chi connectivity index (χ4n) is 2.36. The molecule has 4 heteroatoms. The van der Waals surface area contributed by atoms with Crippen LogP contribution in [0.2, 0.25) is 0 Å². The van der Waals surface area contributed by atoms with Crippen molar-refractivity contribution in [3.05, 3.63) is 24.0 Å². The van der Waals surface area contributed by atoms with Crippen LogP contribution in [0.5, 0.6) is 0 Å². The van der Waals surface area contributed by atoms with E-state index in [9.17, 15) is 4.79 Å². The number of nitrogens with zero attached hydrogens (tertiary/aromatic N) is 2. The molecule has 0 radical (unpaired) electrons. The number of hydrogen-bond acceptors (Lipinski definition) is 2. The predicted octanol–water partition coefficient (Wildman–Crippen LogP) is 2.42. The Kier molecular flexibility index (Phi) is 6.64. The molecule has 0 saturated carbocycles.